The summed E-state index contributed by atoms with van der Waals surface area (Å²) in [5.74, 6) is -2.80. The van der Waals surface area contributed by atoms with Gasteiger partial charge in [0.1, 0.15) is 0 Å². The maximum absolute atomic E-state index is 10.4. The predicted molar refractivity (Wildman–Crippen MR) is 47.5 cm³/mol. The number of carbonyl (C=O) groups is 2. The smallest absolute Gasteiger partial charge is 0.357 e. The van der Waals surface area contributed by atoms with E-state index in [0.29, 0.717) is 0 Å². The van der Waals surface area contributed by atoms with Crippen LogP contribution in [0.25, 0.3) is 0 Å². The minimum Gasteiger partial charge on any atom is -0.476 e. The quantitative estimate of drug-likeness (QED) is 0.619. The standard InChI is InChI=1S/C6H4N2O4.2Na/c9-5(10)3-4(6(11)12)8-2-1-7-3;;/h1-2H,(H,9,10)(H,11,12);;. The van der Waals surface area contributed by atoms with Crippen LogP contribution in [0.2, 0.25) is 0 Å². The fourth-order valence-electron chi connectivity index (χ4n) is 0.651. The van der Waals surface area contributed by atoms with E-state index < -0.39 is 23.3 Å². The summed E-state index contributed by atoms with van der Waals surface area (Å²) in [5, 5.41) is 16.9. The van der Waals surface area contributed by atoms with E-state index >= 15 is 0 Å². The Kier molecular flexibility index (Phi) is 8.61. The third kappa shape index (κ3) is 4.04. The van der Waals surface area contributed by atoms with Crippen molar-refractivity contribution < 1.29 is 19.8 Å². The SMILES string of the molecule is O=C(O)c1nccnc1C(=O)O.[Na].[Na]. The van der Waals surface area contributed by atoms with E-state index in [-0.39, 0.29) is 59.1 Å². The van der Waals surface area contributed by atoms with Crippen LogP contribution in [0.1, 0.15) is 21.0 Å². The number of aromatic nitrogens is 2. The molecule has 0 saturated heterocycles. The number of carboxylic acids is 2. The molecule has 0 aliphatic rings. The van der Waals surface area contributed by atoms with E-state index in [1.165, 1.54) is 0 Å². The topological polar surface area (TPSA) is 100 Å². The van der Waals surface area contributed by atoms with Gasteiger partial charge in [-0.3, -0.25) is 0 Å². The molecule has 1 aromatic rings. The maximum Gasteiger partial charge on any atom is 0.357 e. The summed E-state index contributed by atoms with van der Waals surface area (Å²) in [5.41, 5.74) is -1.10. The van der Waals surface area contributed by atoms with Gasteiger partial charge in [0.05, 0.1) is 0 Å². The van der Waals surface area contributed by atoms with Crippen molar-refractivity contribution in [3.05, 3.63) is 23.8 Å². The Morgan fingerprint density at radius 3 is 1.43 bits per heavy atom. The van der Waals surface area contributed by atoms with Gasteiger partial charge in [0, 0.05) is 71.5 Å². The first-order chi connectivity index (χ1) is 5.63. The van der Waals surface area contributed by atoms with Crippen LogP contribution in [-0.4, -0.2) is 91.2 Å². The molecule has 0 spiro atoms. The average molecular weight is 214 g/mol. The number of aromatic carboxylic acids is 2. The van der Waals surface area contributed by atoms with Crippen molar-refractivity contribution in [1.82, 2.24) is 9.97 Å². The second-order valence-electron chi connectivity index (χ2n) is 1.86. The molecular formula is C6H4N2Na2O4. The van der Waals surface area contributed by atoms with Crippen LogP contribution >= 0.6 is 0 Å². The zero-order valence-electron chi connectivity index (χ0n) is 7.76. The van der Waals surface area contributed by atoms with E-state index in [2.05, 4.69) is 9.97 Å². The van der Waals surface area contributed by atoms with E-state index in [4.69, 9.17) is 10.2 Å². The second kappa shape index (κ2) is 7.33. The molecule has 1 rings (SSSR count). The molecule has 2 N–H and O–H groups in total. The van der Waals surface area contributed by atoms with Crippen molar-refractivity contribution >= 4 is 71.1 Å². The molecular weight excluding hydrogens is 210 g/mol. The van der Waals surface area contributed by atoms with Crippen molar-refractivity contribution in [2.75, 3.05) is 0 Å². The normalized spacial score (nSPS) is 8.00. The predicted octanol–water partition coefficient (Wildman–Crippen LogP) is -0.889. The summed E-state index contributed by atoms with van der Waals surface area (Å²) in [6.45, 7) is 0. The molecule has 0 aliphatic carbocycles. The third-order valence-electron chi connectivity index (χ3n) is 1.10. The summed E-state index contributed by atoms with van der Waals surface area (Å²) in [4.78, 5) is 27.4. The zero-order chi connectivity index (χ0) is 9.14. The number of rotatable bonds is 2. The van der Waals surface area contributed by atoms with Gasteiger partial charge in [0.25, 0.3) is 0 Å². The third-order valence-corrected chi connectivity index (χ3v) is 1.10. The molecule has 8 heteroatoms. The molecule has 2 radical (unpaired) electrons. The summed E-state index contributed by atoms with van der Waals surface area (Å²) in [7, 11) is 0. The Labute approximate surface area is 123 Å². The first kappa shape index (κ1) is 16.4. The molecule has 6 nitrogen and oxygen atoms in total. The Balaban J connectivity index is 0. The van der Waals surface area contributed by atoms with Gasteiger partial charge in [-0.1, -0.05) is 0 Å². The largest absolute Gasteiger partial charge is 0.476 e. The number of carboxylic acid groups (broad SMARTS) is 2. The number of nitrogens with zero attached hydrogens (tertiary/aromatic N) is 2. The van der Waals surface area contributed by atoms with Crippen molar-refractivity contribution in [1.29, 1.82) is 0 Å². The molecule has 0 saturated carbocycles. The van der Waals surface area contributed by atoms with Crippen LogP contribution in [-0.2, 0) is 0 Å². The van der Waals surface area contributed by atoms with Crippen molar-refractivity contribution in [2.45, 2.75) is 0 Å². The van der Waals surface area contributed by atoms with Crippen LogP contribution in [0.3, 0.4) is 0 Å². The van der Waals surface area contributed by atoms with Crippen LogP contribution in [0.5, 0.6) is 0 Å². The Bertz CT molecular complexity index is 311. The first-order valence-corrected chi connectivity index (χ1v) is 2.90. The number of hydrogen-bond acceptors (Lipinski definition) is 4. The fourth-order valence-corrected chi connectivity index (χ4v) is 0.651. The molecule has 1 aromatic heterocycles. The van der Waals surface area contributed by atoms with Gasteiger partial charge in [0.2, 0.25) is 0 Å². The number of hydrogen-bond donors (Lipinski definition) is 2. The van der Waals surface area contributed by atoms with Crippen molar-refractivity contribution in [2.24, 2.45) is 0 Å². The summed E-state index contributed by atoms with van der Waals surface area (Å²) in [6.07, 6.45) is 2.24. The van der Waals surface area contributed by atoms with Crippen molar-refractivity contribution in [3.63, 3.8) is 0 Å². The molecule has 0 fully saturated rings. The molecule has 0 bridgehead atoms. The molecule has 0 atom stereocenters. The minimum absolute atomic E-state index is 0. The Morgan fingerprint density at radius 2 is 1.21 bits per heavy atom. The van der Waals surface area contributed by atoms with Gasteiger partial charge in [0.15, 0.2) is 11.4 Å². The van der Waals surface area contributed by atoms with Crippen LogP contribution in [0.4, 0.5) is 0 Å². The van der Waals surface area contributed by atoms with Gasteiger partial charge in [-0.2, -0.15) is 0 Å². The summed E-state index contributed by atoms with van der Waals surface area (Å²) in [6, 6.07) is 0. The van der Waals surface area contributed by atoms with E-state index in [9.17, 15) is 9.59 Å². The van der Waals surface area contributed by atoms with Gasteiger partial charge in [-0.25, -0.2) is 19.6 Å². The average Bonchev–Trinajstić information content (AvgIpc) is 2.04. The van der Waals surface area contributed by atoms with Crippen molar-refractivity contribution in [3.8, 4) is 0 Å². The first-order valence-electron chi connectivity index (χ1n) is 2.90. The Morgan fingerprint density at radius 1 is 0.929 bits per heavy atom. The molecule has 0 amide bonds. The van der Waals surface area contributed by atoms with Crippen LogP contribution < -0.4 is 0 Å². The van der Waals surface area contributed by atoms with Crippen LogP contribution in [0.15, 0.2) is 12.4 Å². The monoisotopic (exact) mass is 214 g/mol. The second-order valence-corrected chi connectivity index (χ2v) is 1.86. The van der Waals surface area contributed by atoms with Crippen LogP contribution in [0, 0.1) is 0 Å². The molecule has 0 aromatic carbocycles. The van der Waals surface area contributed by atoms with Gasteiger partial charge < -0.3 is 10.2 Å². The maximum atomic E-state index is 10.4. The summed E-state index contributed by atoms with van der Waals surface area (Å²) < 4.78 is 0. The van der Waals surface area contributed by atoms with Gasteiger partial charge >= 0.3 is 11.9 Å². The van der Waals surface area contributed by atoms with Gasteiger partial charge in [-0.15, -0.1) is 0 Å². The zero-order valence-corrected chi connectivity index (χ0v) is 11.8. The van der Waals surface area contributed by atoms with E-state index in [0.717, 1.165) is 12.4 Å². The molecule has 1 heterocycles. The minimum atomic E-state index is -1.40. The molecule has 0 unspecified atom stereocenters. The van der Waals surface area contributed by atoms with E-state index in [1.54, 1.807) is 0 Å². The molecule has 14 heavy (non-hydrogen) atoms. The van der Waals surface area contributed by atoms with Gasteiger partial charge in [-0.05, 0) is 0 Å². The molecule has 0 aliphatic heterocycles. The fraction of sp³-hybridized carbons (Fsp3) is 0. The summed E-state index contributed by atoms with van der Waals surface area (Å²) >= 11 is 0. The Hall–Kier alpha value is 0.0200. The van der Waals surface area contributed by atoms with E-state index in [1.807, 2.05) is 0 Å². The molecule has 64 valence electrons.